The summed E-state index contributed by atoms with van der Waals surface area (Å²) in [7, 11) is 1.62. The SMILES string of the molecule is COc1cc(-c2nn(-c3cccc(Cl)c3)[n+](-c3ccccc3)n2)ccc1OCc1ccccc1.[Cl-]. The maximum absolute atomic E-state index is 6.25. The Balaban J connectivity index is 0.00000289. The monoisotopic (exact) mass is 504 g/mol. The van der Waals surface area contributed by atoms with E-state index in [4.69, 9.17) is 31.3 Å². The zero-order valence-corrected chi connectivity index (χ0v) is 20.4. The first-order chi connectivity index (χ1) is 16.7. The highest BCUT2D eigenvalue weighted by atomic mass is 35.5. The van der Waals surface area contributed by atoms with Crippen molar-refractivity contribution in [3.8, 4) is 34.3 Å². The number of tetrazole rings is 1. The Kier molecular flexibility index (Phi) is 7.65. The van der Waals surface area contributed by atoms with E-state index in [9.17, 15) is 0 Å². The van der Waals surface area contributed by atoms with Crippen LogP contribution in [0.5, 0.6) is 11.5 Å². The molecular formula is C27H22Cl2N4O2. The van der Waals surface area contributed by atoms with E-state index in [1.165, 1.54) is 0 Å². The van der Waals surface area contributed by atoms with Crippen molar-refractivity contribution < 1.29 is 26.7 Å². The number of rotatable bonds is 7. The number of halogens is 2. The maximum Gasteiger partial charge on any atom is 0.340 e. The molecule has 0 atom stereocenters. The molecule has 5 aromatic rings. The van der Waals surface area contributed by atoms with Crippen LogP contribution in [-0.4, -0.2) is 22.1 Å². The second-order valence-corrected chi connectivity index (χ2v) is 7.99. The van der Waals surface area contributed by atoms with Crippen LogP contribution in [0.3, 0.4) is 0 Å². The highest BCUT2D eigenvalue weighted by Crippen LogP contribution is 2.32. The third-order valence-electron chi connectivity index (χ3n) is 5.24. The molecule has 0 N–H and O–H groups in total. The summed E-state index contributed by atoms with van der Waals surface area (Å²) in [5.41, 5.74) is 3.55. The van der Waals surface area contributed by atoms with Crippen molar-refractivity contribution in [3.63, 3.8) is 0 Å². The number of ether oxygens (including phenoxy) is 2. The molecule has 0 aliphatic heterocycles. The molecule has 0 saturated carbocycles. The van der Waals surface area contributed by atoms with Gasteiger partial charge in [0.05, 0.1) is 17.8 Å². The van der Waals surface area contributed by atoms with E-state index in [-0.39, 0.29) is 12.4 Å². The van der Waals surface area contributed by atoms with Gasteiger partial charge >= 0.3 is 5.82 Å². The largest absolute Gasteiger partial charge is 1.00 e. The van der Waals surface area contributed by atoms with Crippen molar-refractivity contribution in [1.82, 2.24) is 15.0 Å². The van der Waals surface area contributed by atoms with Gasteiger partial charge in [0.1, 0.15) is 12.3 Å². The average molecular weight is 505 g/mol. The van der Waals surface area contributed by atoms with Crippen molar-refractivity contribution in [3.05, 3.63) is 114 Å². The summed E-state index contributed by atoms with van der Waals surface area (Å²) in [5, 5.41) is 10.2. The summed E-state index contributed by atoms with van der Waals surface area (Å²) in [6.07, 6.45) is 0. The lowest BCUT2D eigenvalue weighted by molar-refractivity contribution is -0.734. The second-order valence-electron chi connectivity index (χ2n) is 7.56. The second kappa shape index (κ2) is 11.0. The molecule has 8 heteroatoms. The van der Waals surface area contributed by atoms with Gasteiger partial charge in [-0.3, -0.25) is 0 Å². The third kappa shape index (κ3) is 5.45. The van der Waals surface area contributed by atoms with Crippen LogP contribution in [-0.2, 0) is 6.61 Å². The number of nitrogens with zero attached hydrogens (tertiary/aromatic N) is 4. The number of hydrogen-bond donors (Lipinski definition) is 0. The molecular weight excluding hydrogens is 483 g/mol. The summed E-state index contributed by atoms with van der Waals surface area (Å²) in [6, 6.07) is 33.0. The van der Waals surface area contributed by atoms with E-state index in [0.717, 1.165) is 22.5 Å². The molecule has 0 unspecified atom stereocenters. The summed E-state index contributed by atoms with van der Waals surface area (Å²) in [5.74, 6) is 1.80. The molecule has 35 heavy (non-hydrogen) atoms. The standard InChI is InChI=1S/C27H22ClN4O2.ClH/c1-33-26-17-21(15-16-25(26)34-19-20-9-4-2-5-10-20)27-29-31(23-12-6-3-7-13-23)32(30-27)24-14-8-11-22(28)18-24;/h2-18H,19H2,1H3;1H/q+1;/p-1. The first-order valence-corrected chi connectivity index (χ1v) is 11.2. The van der Waals surface area contributed by atoms with Crippen molar-refractivity contribution >= 4 is 11.6 Å². The van der Waals surface area contributed by atoms with Gasteiger partial charge in [-0.1, -0.05) is 66.2 Å². The molecule has 0 spiro atoms. The van der Waals surface area contributed by atoms with E-state index < -0.39 is 0 Å². The van der Waals surface area contributed by atoms with E-state index in [2.05, 4.69) is 0 Å². The highest BCUT2D eigenvalue weighted by Gasteiger charge is 2.24. The molecule has 176 valence electrons. The Bertz CT molecular complexity index is 1410. The third-order valence-corrected chi connectivity index (χ3v) is 5.48. The van der Waals surface area contributed by atoms with Crippen LogP contribution >= 0.6 is 11.6 Å². The summed E-state index contributed by atoms with van der Waals surface area (Å²) >= 11 is 6.25. The Morgan fingerprint density at radius 3 is 2.29 bits per heavy atom. The topological polar surface area (TPSA) is 53.0 Å². The van der Waals surface area contributed by atoms with Gasteiger partial charge in [0.2, 0.25) is 0 Å². The van der Waals surface area contributed by atoms with E-state index >= 15 is 0 Å². The quantitative estimate of drug-likeness (QED) is 0.319. The number of methoxy groups -OCH3 is 1. The van der Waals surface area contributed by atoms with Gasteiger partial charge in [-0.15, -0.1) is 0 Å². The molecule has 1 aromatic heterocycles. The molecule has 0 bridgehead atoms. The minimum atomic E-state index is 0. The highest BCUT2D eigenvalue weighted by molar-refractivity contribution is 6.30. The summed E-state index contributed by atoms with van der Waals surface area (Å²) < 4.78 is 11.6. The number of aromatic nitrogens is 4. The predicted octanol–water partition coefficient (Wildman–Crippen LogP) is 2.46. The molecule has 5 rings (SSSR count). The number of benzene rings is 4. The van der Waals surface area contributed by atoms with Crippen molar-refractivity contribution in [2.45, 2.75) is 6.61 Å². The van der Waals surface area contributed by atoms with Crippen LogP contribution in [0.25, 0.3) is 22.8 Å². The van der Waals surface area contributed by atoms with Gasteiger partial charge < -0.3 is 21.9 Å². The molecule has 0 aliphatic carbocycles. The maximum atomic E-state index is 6.25. The van der Waals surface area contributed by atoms with Gasteiger partial charge in [0.25, 0.3) is 0 Å². The fraction of sp³-hybridized carbons (Fsp3) is 0.0741. The fourth-order valence-electron chi connectivity index (χ4n) is 3.56. The normalized spacial score (nSPS) is 10.5. The Labute approximate surface area is 214 Å². The summed E-state index contributed by atoms with van der Waals surface area (Å²) in [4.78, 5) is 3.47. The van der Waals surface area contributed by atoms with Crippen molar-refractivity contribution in [2.24, 2.45) is 0 Å². The zero-order valence-electron chi connectivity index (χ0n) is 18.9. The van der Waals surface area contributed by atoms with Crippen LogP contribution < -0.4 is 26.7 Å². The van der Waals surface area contributed by atoms with E-state index in [1.807, 2.05) is 103 Å². The average Bonchev–Trinajstić information content (AvgIpc) is 3.34. The first kappa shape index (κ1) is 24.3. The number of para-hydroxylation sites is 1. The van der Waals surface area contributed by atoms with Crippen molar-refractivity contribution in [1.29, 1.82) is 0 Å². The van der Waals surface area contributed by atoms with Gasteiger partial charge in [0.15, 0.2) is 17.2 Å². The smallest absolute Gasteiger partial charge is 0.340 e. The van der Waals surface area contributed by atoms with Gasteiger partial charge in [-0.2, -0.15) is 0 Å². The lowest BCUT2D eigenvalue weighted by Crippen LogP contribution is -3.00. The van der Waals surface area contributed by atoms with Crippen LogP contribution in [0.4, 0.5) is 0 Å². The molecule has 0 fully saturated rings. The zero-order chi connectivity index (χ0) is 23.3. The predicted molar refractivity (Wildman–Crippen MR) is 131 cm³/mol. The molecule has 6 nitrogen and oxygen atoms in total. The van der Waals surface area contributed by atoms with E-state index in [1.54, 1.807) is 16.7 Å². The van der Waals surface area contributed by atoms with Gasteiger partial charge in [-0.05, 0) is 64.0 Å². The Morgan fingerprint density at radius 2 is 1.57 bits per heavy atom. The minimum absolute atomic E-state index is 0. The van der Waals surface area contributed by atoms with Crippen LogP contribution in [0, 0.1) is 0 Å². The van der Waals surface area contributed by atoms with Crippen LogP contribution in [0.1, 0.15) is 5.56 Å². The van der Waals surface area contributed by atoms with Crippen LogP contribution in [0.15, 0.2) is 103 Å². The molecule has 1 heterocycles. The summed E-state index contributed by atoms with van der Waals surface area (Å²) in [6.45, 7) is 0.451. The van der Waals surface area contributed by atoms with Crippen molar-refractivity contribution in [2.75, 3.05) is 7.11 Å². The molecule has 0 saturated heterocycles. The fourth-order valence-corrected chi connectivity index (χ4v) is 3.74. The van der Waals surface area contributed by atoms with Gasteiger partial charge in [-0.25, -0.2) is 0 Å². The molecule has 0 aliphatic rings. The molecule has 0 radical (unpaired) electrons. The first-order valence-electron chi connectivity index (χ1n) is 10.8. The number of hydrogen-bond acceptors (Lipinski definition) is 4. The molecule has 4 aromatic carbocycles. The lowest BCUT2D eigenvalue weighted by Gasteiger charge is -2.11. The lowest BCUT2D eigenvalue weighted by atomic mass is 10.2. The Morgan fingerprint density at radius 1 is 0.829 bits per heavy atom. The van der Waals surface area contributed by atoms with Gasteiger partial charge in [0, 0.05) is 9.82 Å². The molecule has 0 amide bonds. The minimum Gasteiger partial charge on any atom is -1.00 e. The van der Waals surface area contributed by atoms with Crippen LogP contribution in [0.2, 0.25) is 5.02 Å². The Hall–Kier alpha value is -3.87. The van der Waals surface area contributed by atoms with E-state index in [0.29, 0.717) is 29.0 Å².